The van der Waals surface area contributed by atoms with Crippen LogP contribution in [0.1, 0.15) is 23.0 Å². The van der Waals surface area contributed by atoms with Gasteiger partial charge in [0.2, 0.25) is 0 Å². The number of nitrogens with zero attached hydrogens (tertiary/aromatic N) is 3. The zero-order chi connectivity index (χ0) is 21.5. The van der Waals surface area contributed by atoms with E-state index >= 15 is 0 Å². The molecule has 8 heteroatoms. The van der Waals surface area contributed by atoms with Crippen LogP contribution in [0.5, 0.6) is 5.75 Å². The maximum Gasteiger partial charge on any atom is 0.323 e. The molecule has 2 amide bonds. The Hall–Kier alpha value is -3.81. The zero-order valence-corrected chi connectivity index (χ0v) is 16.9. The van der Waals surface area contributed by atoms with Crippen LogP contribution in [0.25, 0.3) is 0 Å². The third-order valence-electron chi connectivity index (χ3n) is 4.66. The number of carbonyl (C=O) groups excluding carboxylic acids is 1. The van der Waals surface area contributed by atoms with Crippen molar-refractivity contribution in [1.29, 1.82) is 0 Å². The molecular weight excluding hydrogens is 384 g/mol. The third kappa shape index (κ3) is 4.96. The molecular formula is C22H24N4O4. The second-order valence-electron chi connectivity index (χ2n) is 6.76. The van der Waals surface area contributed by atoms with Crippen molar-refractivity contribution in [3.63, 3.8) is 0 Å². The lowest BCUT2D eigenvalue weighted by Crippen LogP contribution is -2.44. The molecule has 0 saturated heterocycles. The van der Waals surface area contributed by atoms with E-state index in [4.69, 9.17) is 4.74 Å². The largest absolute Gasteiger partial charge is 0.496 e. The molecule has 1 heterocycles. The molecule has 0 bridgehead atoms. The van der Waals surface area contributed by atoms with Gasteiger partial charge in [-0.2, -0.15) is 0 Å². The fourth-order valence-electron chi connectivity index (χ4n) is 3.22. The molecule has 1 atom stereocenters. The molecule has 3 aromatic rings. The number of para-hydroxylation sites is 1. The van der Waals surface area contributed by atoms with Crippen molar-refractivity contribution >= 4 is 12.0 Å². The second-order valence-corrected chi connectivity index (χ2v) is 6.76. The van der Waals surface area contributed by atoms with Crippen LogP contribution >= 0.6 is 0 Å². The molecule has 1 unspecified atom stereocenters. The summed E-state index contributed by atoms with van der Waals surface area (Å²) in [5.74, 6) is 0.105. The maximum absolute atomic E-state index is 13.1. The number of carboxylic acids is 1. The highest BCUT2D eigenvalue weighted by Crippen LogP contribution is 2.29. The summed E-state index contributed by atoms with van der Waals surface area (Å²) in [6.07, 6.45) is 3.42. The van der Waals surface area contributed by atoms with Crippen LogP contribution in [-0.4, -0.2) is 45.2 Å². The monoisotopic (exact) mass is 408 g/mol. The number of benzene rings is 2. The molecule has 8 nitrogen and oxygen atoms in total. The molecule has 0 aliphatic heterocycles. The van der Waals surface area contributed by atoms with Crippen molar-refractivity contribution in [3.05, 3.63) is 83.9 Å². The Labute approximate surface area is 174 Å². The maximum atomic E-state index is 13.1. The van der Waals surface area contributed by atoms with Crippen LogP contribution in [0.2, 0.25) is 0 Å². The molecule has 2 aromatic carbocycles. The average molecular weight is 408 g/mol. The van der Waals surface area contributed by atoms with Gasteiger partial charge in [-0.15, -0.1) is 0 Å². The molecule has 2 N–H and O–H groups in total. The molecule has 0 fully saturated rings. The van der Waals surface area contributed by atoms with E-state index in [1.165, 1.54) is 4.90 Å². The number of methoxy groups -OCH3 is 1. The second kappa shape index (κ2) is 9.60. The van der Waals surface area contributed by atoms with Crippen LogP contribution in [0.4, 0.5) is 4.79 Å². The van der Waals surface area contributed by atoms with Gasteiger partial charge in [0.25, 0.3) is 0 Å². The number of aromatic nitrogens is 2. The minimum atomic E-state index is -1.09. The van der Waals surface area contributed by atoms with Crippen molar-refractivity contribution in [1.82, 2.24) is 19.8 Å². The molecule has 0 saturated carbocycles. The predicted molar refractivity (Wildman–Crippen MR) is 111 cm³/mol. The molecule has 0 aliphatic rings. The first-order chi connectivity index (χ1) is 14.5. The smallest absolute Gasteiger partial charge is 0.323 e. The molecule has 30 heavy (non-hydrogen) atoms. The van der Waals surface area contributed by atoms with Gasteiger partial charge in [-0.3, -0.25) is 4.79 Å². The first kappa shape index (κ1) is 20.9. The standard InChI is InChI=1S/C22H24N4O4/c1-25-13-12-23-21(25)20(17-10-6-7-11-18(17)30-2)24-22(29)26(15-19(27)28)14-16-8-4-3-5-9-16/h3-13,20H,14-15H2,1-2H3,(H,24,29)(H,27,28). The van der Waals surface area contributed by atoms with Crippen LogP contribution in [-0.2, 0) is 18.4 Å². The average Bonchev–Trinajstić information content (AvgIpc) is 3.17. The lowest BCUT2D eigenvalue weighted by Gasteiger charge is -2.26. The first-order valence-electron chi connectivity index (χ1n) is 9.41. The number of carboxylic acid groups (broad SMARTS) is 1. The quantitative estimate of drug-likeness (QED) is 0.597. The van der Waals surface area contributed by atoms with Gasteiger partial charge in [-0.1, -0.05) is 48.5 Å². The summed E-state index contributed by atoms with van der Waals surface area (Å²) in [6.45, 7) is -0.266. The van der Waals surface area contributed by atoms with Gasteiger partial charge in [-0.05, 0) is 11.6 Å². The number of hydrogen-bond acceptors (Lipinski definition) is 4. The summed E-state index contributed by atoms with van der Waals surface area (Å²) in [5.41, 5.74) is 1.55. The van der Waals surface area contributed by atoms with E-state index in [9.17, 15) is 14.7 Å². The third-order valence-corrected chi connectivity index (χ3v) is 4.66. The number of aliphatic carboxylic acids is 1. The number of urea groups is 1. The number of rotatable bonds is 8. The van der Waals surface area contributed by atoms with E-state index in [0.29, 0.717) is 11.6 Å². The Morgan fingerprint density at radius 3 is 2.50 bits per heavy atom. The van der Waals surface area contributed by atoms with Crippen LogP contribution < -0.4 is 10.1 Å². The van der Waals surface area contributed by atoms with Gasteiger partial charge < -0.3 is 24.6 Å². The lowest BCUT2D eigenvalue weighted by molar-refractivity contribution is -0.137. The summed E-state index contributed by atoms with van der Waals surface area (Å²) in [5, 5.41) is 12.3. The number of nitrogens with one attached hydrogen (secondary N) is 1. The SMILES string of the molecule is COc1ccccc1C(NC(=O)N(CC(=O)O)Cc1ccccc1)c1nccn1C. The number of amides is 2. The van der Waals surface area contributed by atoms with Crippen molar-refractivity contribution in [2.75, 3.05) is 13.7 Å². The van der Waals surface area contributed by atoms with Gasteiger partial charge >= 0.3 is 12.0 Å². The van der Waals surface area contributed by atoms with Crippen molar-refractivity contribution in [2.45, 2.75) is 12.6 Å². The van der Waals surface area contributed by atoms with Gasteiger partial charge in [0.1, 0.15) is 24.2 Å². The van der Waals surface area contributed by atoms with Crippen LogP contribution in [0.3, 0.4) is 0 Å². The van der Waals surface area contributed by atoms with Crippen LogP contribution in [0, 0.1) is 0 Å². The van der Waals surface area contributed by atoms with Gasteiger partial charge in [0, 0.05) is 31.5 Å². The number of hydrogen-bond donors (Lipinski definition) is 2. The number of carbonyl (C=O) groups is 2. The summed E-state index contributed by atoms with van der Waals surface area (Å²) in [4.78, 5) is 30.2. The van der Waals surface area contributed by atoms with Crippen LogP contribution in [0.15, 0.2) is 67.0 Å². The van der Waals surface area contributed by atoms with E-state index in [2.05, 4.69) is 10.3 Å². The van der Waals surface area contributed by atoms with Gasteiger partial charge in [0.15, 0.2) is 0 Å². The Kier molecular flexibility index (Phi) is 6.69. The van der Waals surface area contributed by atoms with Crippen molar-refractivity contribution in [2.24, 2.45) is 7.05 Å². The topological polar surface area (TPSA) is 96.7 Å². The molecule has 3 rings (SSSR count). The first-order valence-corrected chi connectivity index (χ1v) is 9.41. The molecule has 1 aromatic heterocycles. The van der Waals surface area contributed by atoms with Gasteiger partial charge in [-0.25, -0.2) is 9.78 Å². The fourth-order valence-corrected chi connectivity index (χ4v) is 3.22. The molecule has 0 aliphatic carbocycles. The minimum absolute atomic E-state index is 0.165. The van der Waals surface area contributed by atoms with E-state index in [0.717, 1.165) is 11.1 Å². The highest BCUT2D eigenvalue weighted by molar-refractivity contribution is 5.80. The summed E-state index contributed by atoms with van der Waals surface area (Å²) in [7, 11) is 3.39. The van der Waals surface area contributed by atoms with E-state index in [-0.39, 0.29) is 6.54 Å². The van der Waals surface area contributed by atoms with E-state index < -0.39 is 24.6 Å². The molecule has 0 radical (unpaired) electrons. The molecule has 156 valence electrons. The zero-order valence-electron chi connectivity index (χ0n) is 16.9. The van der Waals surface area contributed by atoms with Gasteiger partial charge in [0.05, 0.1) is 7.11 Å². The van der Waals surface area contributed by atoms with Crippen molar-refractivity contribution < 1.29 is 19.4 Å². The van der Waals surface area contributed by atoms with E-state index in [1.54, 1.807) is 30.1 Å². The van der Waals surface area contributed by atoms with Crippen molar-refractivity contribution in [3.8, 4) is 5.75 Å². The molecule has 0 spiro atoms. The summed E-state index contributed by atoms with van der Waals surface area (Å²) < 4.78 is 7.27. The van der Waals surface area contributed by atoms with E-state index in [1.807, 2.05) is 55.6 Å². The predicted octanol–water partition coefficient (Wildman–Crippen LogP) is 2.81. The fraction of sp³-hybridized carbons (Fsp3) is 0.227. The number of imidazole rings is 1. The normalized spacial score (nSPS) is 11.5. The Bertz CT molecular complexity index is 1000. The minimum Gasteiger partial charge on any atom is -0.496 e. The Balaban J connectivity index is 1.92. The number of aryl methyl sites for hydroxylation is 1. The highest BCUT2D eigenvalue weighted by Gasteiger charge is 2.27. The Morgan fingerprint density at radius 2 is 1.87 bits per heavy atom. The Morgan fingerprint density at radius 1 is 1.17 bits per heavy atom. The summed E-state index contributed by atoms with van der Waals surface area (Å²) in [6, 6.07) is 15.4. The lowest BCUT2D eigenvalue weighted by atomic mass is 10.0. The highest BCUT2D eigenvalue weighted by atomic mass is 16.5. The number of ether oxygens (including phenoxy) is 1. The summed E-state index contributed by atoms with van der Waals surface area (Å²) >= 11 is 0.